The van der Waals surface area contributed by atoms with Crippen LogP contribution >= 0.6 is 23.2 Å². The van der Waals surface area contributed by atoms with E-state index in [1.165, 1.54) is 11.1 Å². The van der Waals surface area contributed by atoms with Gasteiger partial charge in [0.15, 0.2) is 0 Å². The third-order valence-corrected chi connectivity index (χ3v) is 4.00. The number of carbonyl (C=O) groups is 1. The van der Waals surface area contributed by atoms with Gasteiger partial charge in [-0.2, -0.15) is 0 Å². The van der Waals surface area contributed by atoms with Crippen molar-refractivity contribution >= 4 is 34.8 Å². The monoisotopic (exact) mass is 320 g/mol. The minimum absolute atomic E-state index is 0.0917. The minimum Gasteiger partial charge on any atom is -0.308 e. The van der Waals surface area contributed by atoms with Crippen molar-refractivity contribution in [2.75, 3.05) is 11.4 Å². The highest BCUT2D eigenvalue weighted by Crippen LogP contribution is 2.29. The Labute approximate surface area is 133 Å². The molecule has 0 aliphatic carbocycles. The zero-order valence-corrected chi connectivity index (χ0v) is 13.1. The number of anilines is 1. The highest BCUT2D eigenvalue weighted by molar-refractivity contribution is 6.33. The topological polar surface area (TPSA) is 33.2 Å². The summed E-state index contributed by atoms with van der Waals surface area (Å²) in [6.45, 7) is 2.76. The van der Waals surface area contributed by atoms with Crippen molar-refractivity contribution in [3.05, 3.63) is 57.3 Å². The number of halogens is 2. The Morgan fingerprint density at radius 3 is 2.62 bits per heavy atom. The lowest BCUT2D eigenvalue weighted by atomic mass is 9.99. The summed E-state index contributed by atoms with van der Waals surface area (Å²) in [5.41, 5.74) is 3.85. The van der Waals surface area contributed by atoms with Crippen LogP contribution in [0.3, 0.4) is 0 Å². The summed E-state index contributed by atoms with van der Waals surface area (Å²) in [6.07, 6.45) is 1.95. The number of benzene rings is 1. The van der Waals surface area contributed by atoms with E-state index in [0.717, 1.165) is 18.5 Å². The molecule has 0 radical (unpaired) electrons. The molecule has 0 bridgehead atoms. The number of pyridine rings is 1. The maximum atomic E-state index is 12.7. The lowest BCUT2D eigenvalue weighted by Gasteiger charge is -2.30. The summed E-state index contributed by atoms with van der Waals surface area (Å²) in [5, 5.41) is 0.457. The third kappa shape index (κ3) is 2.89. The molecule has 2 heterocycles. The molecule has 0 spiro atoms. The fourth-order valence-electron chi connectivity index (χ4n) is 2.68. The quantitative estimate of drug-likeness (QED) is 0.734. The summed E-state index contributed by atoms with van der Waals surface area (Å²) in [4.78, 5) is 18.4. The van der Waals surface area contributed by atoms with Crippen molar-refractivity contribution in [1.82, 2.24) is 4.98 Å². The van der Waals surface area contributed by atoms with Crippen molar-refractivity contribution < 1.29 is 4.79 Å². The molecule has 1 aliphatic heterocycles. The molecule has 1 aromatic carbocycles. The molecule has 0 unspecified atom stereocenters. The van der Waals surface area contributed by atoms with Crippen molar-refractivity contribution in [2.24, 2.45) is 0 Å². The zero-order valence-electron chi connectivity index (χ0n) is 11.6. The maximum absolute atomic E-state index is 12.7. The zero-order chi connectivity index (χ0) is 15.0. The minimum atomic E-state index is -0.0917. The highest BCUT2D eigenvalue weighted by Gasteiger charge is 2.24. The number of nitrogens with zero attached hydrogens (tertiary/aromatic N) is 2. The van der Waals surface area contributed by atoms with Crippen LogP contribution in [0.2, 0.25) is 10.3 Å². The van der Waals surface area contributed by atoms with Gasteiger partial charge in [-0.3, -0.25) is 4.79 Å². The smallest absolute Gasteiger partial charge is 0.258 e. The van der Waals surface area contributed by atoms with E-state index in [0.29, 0.717) is 12.1 Å². The van der Waals surface area contributed by atoms with Crippen LogP contribution in [0.5, 0.6) is 0 Å². The summed E-state index contributed by atoms with van der Waals surface area (Å²) < 4.78 is 0. The first-order chi connectivity index (χ1) is 10.0. The highest BCUT2D eigenvalue weighted by atomic mass is 35.5. The molecule has 0 saturated heterocycles. The molecule has 0 saturated carbocycles. The second kappa shape index (κ2) is 5.66. The van der Waals surface area contributed by atoms with E-state index >= 15 is 0 Å². The number of hydrogen-bond acceptors (Lipinski definition) is 2. The van der Waals surface area contributed by atoms with Crippen LogP contribution in [0, 0.1) is 6.92 Å². The number of fused-ring (bicyclic) bond motifs is 1. The van der Waals surface area contributed by atoms with Crippen LogP contribution in [0.15, 0.2) is 30.3 Å². The van der Waals surface area contributed by atoms with Gasteiger partial charge in [0, 0.05) is 17.8 Å². The van der Waals surface area contributed by atoms with Gasteiger partial charge in [-0.25, -0.2) is 4.98 Å². The first-order valence-electron chi connectivity index (χ1n) is 6.79. The van der Waals surface area contributed by atoms with Gasteiger partial charge in [-0.1, -0.05) is 40.9 Å². The number of carbonyl (C=O) groups excluding carboxylic acids is 1. The lowest BCUT2D eigenvalue weighted by Crippen LogP contribution is -2.35. The molecule has 21 heavy (non-hydrogen) atoms. The number of rotatable bonds is 1. The van der Waals surface area contributed by atoms with E-state index in [-0.39, 0.29) is 16.2 Å². The Morgan fingerprint density at radius 2 is 1.90 bits per heavy atom. The van der Waals surface area contributed by atoms with Gasteiger partial charge in [-0.05, 0) is 43.5 Å². The Hall–Kier alpha value is -1.58. The molecular formula is C16H14Cl2N2O. The van der Waals surface area contributed by atoms with E-state index in [1.807, 2.05) is 12.1 Å². The molecule has 1 aliphatic rings. The lowest BCUT2D eigenvalue weighted by molar-refractivity contribution is 0.0985. The molecule has 1 amide bonds. The van der Waals surface area contributed by atoms with Gasteiger partial charge in [-0.15, -0.1) is 0 Å². The number of amides is 1. The predicted molar refractivity (Wildman–Crippen MR) is 85.4 cm³/mol. The largest absolute Gasteiger partial charge is 0.308 e. The van der Waals surface area contributed by atoms with Crippen molar-refractivity contribution in [1.29, 1.82) is 0 Å². The SMILES string of the molecule is Cc1ccc2c(c1)CCCN2C(=O)c1cc(Cl)nc(Cl)c1. The standard InChI is InChI=1S/C16H14Cl2N2O/c1-10-4-5-13-11(7-10)3-2-6-20(13)16(21)12-8-14(17)19-15(18)9-12/h4-5,7-9H,2-3,6H2,1H3. The van der Waals surface area contributed by atoms with Gasteiger partial charge in [0.1, 0.15) is 10.3 Å². The van der Waals surface area contributed by atoms with E-state index < -0.39 is 0 Å². The van der Waals surface area contributed by atoms with Crippen molar-refractivity contribution in [2.45, 2.75) is 19.8 Å². The van der Waals surface area contributed by atoms with Crippen LogP contribution < -0.4 is 4.90 Å². The summed E-state index contributed by atoms with van der Waals surface area (Å²) in [7, 11) is 0. The van der Waals surface area contributed by atoms with E-state index in [4.69, 9.17) is 23.2 Å². The van der Waals surface area contributed by atoms with E-state index in [1.54, 1.807) is 17.0 Å². The summed E-state index contributed by atoms with van der Waals surface area (Å²) in [5.74, 6) is -0.0917. The first-order valence-corrected chi connectivity index (χ1v) is 7.54. The Morgan fingerprint density at radius 1 is 1.19 bits per heavy atom. The van der Waals surface area contributed by atoms with E-state index in [9.17, 15) is 4.79 Å². The molecule has 5 heteroatoms. The van der Waals surface area contributed by atoms with Gasteiger partial charge in [0.25, 0.3) is 5.91 Å². The molecule has 3 rings (SSSR count). The van der Waals surface area contributed by atoms with Crippen molar-refractivity contribution in [3.63, 3.8) is 0 Å². The van der Waals surface area contributed by atoms with E-state index in [2.05, 4.69) is 18.0 Å². The van der Waals surface area contributed by atoms with Gasteiger partial charge >= 0.3 is 0 Å². The molecule has 3 nitrogen and oxygen atoms in total. The maximum Gasteiger partial charge on any atom is 0.258 e. The molecular weight excluding hydrogens is 307 g/mol. The molecule has 0 atom stereocenters. The number of aryl methyl sites for hydroxylation is 2. The van der Waals surface area contributed by atoms with Gasteiger partial charge < -0.3 is 4.90 Å². The molecule has 0 N–H and O–H groups in total. The van der Waals surface area contributed by atoms with Crippen LogP contribution in [-0.2, 0) is 6.42 Å². The van der Waals surface area contributed by atoms with Crippen LogP contribution in [0.1, 0.15) is 27.9 Å². The Kier molecular flexibility index (Phi) is 3.87. The Bertz CT molecular complexity index is 695. The van der Waals surface area contributed by atoms with Crippen LogP contribution in [-0.4, -0.2) is 17.4 Å². The Balaban J connectivity index is 2.00. The number of hydrogen-bond donors (Lipinski definition) is 0. The van der Waals surface area contributed by atoms with Crippen LogP contribution in [0.25, 0.3) is 0 Å². The van der Waals surface area contributed by atoms with Gasteiger partial charge in [0.05, 0.1) is 0 Å². The molecule has 2 aromatic rings. The molecule has 108 valence electrons. The fourth-order valence-corrected chi connectivity index (χ4v) is 3.14. The third-order valence-electron chi connectivity index (χ3n) is 3.61. The second-order valence-electron chi connectivity index (χ2n) is 5.19. The predicted octanol–water partition coefficient (Wildman–Crippen LogP) is 4.29. The van der Waals surface area contributed by atoms with Gasteiger partial charge in [0.2, 0.25) is 0 Å². The van der Waals surface area contributed by atoms with Crippen molar-refractivity contribution in [3.8, 4) is 0 Å². The normalized spacial score (nSPS) is 14.0. The average Bonchev–Trinajstić information content (AvgIpc) is 2.44. The average molecular weight is 321 g/mol. The van der Waals surface area contributed by atoms with Crippen LogP contribution in [0.4, 0.5) is 5.69 Å². The summed E-state index contributed by atoms with van der Waals surface area (Å²) >= 11 is 11.8. The fraction of sp³-hybridized carbons (Fsp3) is 0.250. The molecule has 0 fully saturated rings. The summed E-state index contributed by atoms with van der Waals surface area (Å²) in [6, 6.07) is 9.28. The second-order valence-corrected chi connectivity index (χ2v) is 5.97. The first kappa shape index (κ1) is 14.4. The molecule has 1 aromatic heterocycles. The number of aromatic nitrogens is 1.